The van der Waals surface area contributed by atoms with E-state index in [1.54, 1.807) is 43.5 Å². The number of rotatable bonds is 7. The third-order valence-electron chi connectivity index (χ3n) is 4.08. The first-order valence-electron chi connectivity index (χ1n) is 8.88. The summed E-state index contributed by atoms with van der Waals surface area (Å²) in [6.07, 6.45) is 1.46. The number of methoxy groups -OCH3 is 2. The summed E-state index contributed by atoms with van der Waals surface area (Å²) in [6, 6.07) is 11.6. The summed E-state index contributed by atoms with van der Waals surface area (Å²) in [6.45, 7) is 0. The summed E-state index contributed by atoms with van der Waals surface area (Å²) in [4.78, 5) is 24.3. The summed E-state index contributed by atoms with van der Waals surface area (Å²) < 4.78 is 10.1. The Hall–Kier alpha value is -3.53. The molecular weight excluding hydrogens is 408 g/mol. The fourth-order valence-corrected chi connectivity index (χ4v) is 3.49. The summed E-state index contributed by atoms with van der Waals surface area (Å²) in [7, 11) is 3.01. The van der Waals surface area contributed by atoms with Gasteiger partial charge in [0, 0.05) is 12.1 Å². The van der Waals surface area contributed by atoms with Gasteiger partial charge in [0.2, 0.25) is 11.8 Å². The molecule has 1 aliphatic heterocycles. The van der Waals surface area contributed by atoms with E-state index < -0.39 is 5.25 Å². The molecule has 1 heterocycles. The Morgan fingerprint density at radius 1 is 1.23 bits per heavy atom. The zero-order chi connectivity index (χ0) is 21.5. The number of nitrogens with zero attached hydrogens (tertiary/aromatic N) is 2. The minimum atomic E-state index is -0.592. The summed E-state index contributed by atoms with van der Waals surface area (Å²) in [5, 5.41) is 22.6. The van der Waals surface area contributed by atoms with Crippen molar-refractivity contribution in [3.05, 3.63) is 48.0 Å². The second kappa shape index (κ2) is 9.79. The Morgan fingerprint density at radius 3 is 2.70 bits per heavy atom. The molecule has 0 spiro atoms. The van der Waals surface area contributed by atoms with Crippen LogP contribution in [0.1, 0.15) is 12.0 Å². The lowest BCUT2D eigenvalue weighted by atomic mass is 10.2. The van der Waals surface area contributed by atoms with Crippen LogP contribution in [0.5, 0.6) is 17.2 Å². The Bertz CT molecular complexity index is 991. The highest BCUT2D eigenvalue weighted by molar-refractivity contribution is 8.15. The van der Waals surface area contributed by atoms with E-state index >= 15 is 0 Å². The van der Waals surface area contributed by atoms with Crippen molar-refractivity contribution in [2.24, 2.45) is 10.2 Å². The standard InChI is InChI=1S/C20H20N4O5S/c1-28-14-6-4-13(5-7-14)22-18(26)10-17-19(27)23-20(30-17)24-21-11-12-3-8-15(25)16(9-12)29-2/h3-9,11,17,25H,10H2,1-2H3,(H,22,26)(H,23,24,27). The summed E-state index contributed by atoms with van der Waals surface area (Å²) in [5.74, 6) is 0.443. The van der Waals surface area contributed by atoms with E-state index in [1.165, 1.54) is 19.4 Å². The quantitative estimate of drug-likeness (QED) is 0.460. The van der Waals surface area contributed by atoms with E-state index in [2.05, 4.69) is 20.8 Å². The van der Waals surface area contributed by atoms with Crippen molar-refractivity contribution >= 4 is 40.6 Å². The van der Waals surface area contributed by atoms with Crippen LogP contribution in [0, 0.1) is 0 Å². The molecule has 10 heteroatoms. The number of ether oxygens (including phenoxy) is 2. The normalized spacial score (nSPS) is 17.2. The van der Waals surface area contributed by atoms with Gasteiger partial charge in [-0.1, -0.05) is 11.8 Å². The SMILES string of the molecule is COc1ccc(NC(=O)CC2SC(=NN=Cc3ccc(O)c(OC)c3)NC2=O)cc1. The molecular formula is C20H20N4O5S. The van der Waals surface area contributed by atoms with E-state index in [1.807, 2.05) is 0 Å². The van der Waals surface area contributed by atoms with Crippen molar-refractivity contribution in [1.82, 2.24) is 5.32 Å². The molecule has 1 fully saturated rings. The van der Waals surface area contributed by atoms with E-state index in [0.29, 0.717) is 27.9 Å². The molecule has 3 rings (SSSR count). The van der Waals surface area contributed by atoms with Gasteiger partial charge in [0.15, 0.2) is 16.7 Å². The first-order valence-corrected chi connectivity index (χ1v) is 9.76. The number of amidine groups is 1. The number of phenols is 1. The number of nitrogens with one attached hydrogen (secondary N) is 2. The maximum Gasteiger partial charge on any atom is 0.240 e. The van der Waals surface area contributed by atoms with Crippen LogP contribution < -0.4 is 20.1 Å². The van der Waals surface area contributed by atoms with Gasteiger partial charge in [0.05, 0.1) is 20.4 Å². The molecule has 0 radical (unpaired) electrons. The molecule has 1 unspecified atom stereocenters. The first-order chi connectivity index (χ1) is 14.5. The average Bonchev–Trinajstić information content (AvgIpc) is 3.08. The van der Waals surface area contributed by atoms with Crippen molar-refractivity contribution in [3.8, 4) is 17.2 Å². The number of hydrogen-bond donors (Lipinski definition) is 3. The predicted octanol–water partition coefficient (Wildman–Crippen LogP) is 2.36. The molecule has 1 saturated heterocycles. The highest BCUT2D eigenvalue weighted by atomic mass is 32.2. The van der Waals surface area contributed by atoms with E-state index in [9.17, 15) is 14.7 Å². The van der Waals surface area contributed by atoms with Gasteiger partial charge in [-0.05, 0) is 48.0 Å². The molecule has 9 nitrogen and oxygen atoms in total. The lowest BCUT2D eigenvalue weighted by Crippen LogP contribution is -2.28. The fraction of sp³-hybridized carbons (Fsp3) is 0.200. The molecule has 0 bridgehead atoms. The molecule has 0 aliphatic carbocycles. The number of anilines is 1. The monoisotopic (exact) mass is 428 g/mol. The van der Waals surface area contributed by atoms with Gasteiger partial charge in [0.1, 0.15) is 11.0 Å². The van der Waals surface area contributed by atoms with E-state index in [-0.39, 0.29) is 24.0 Å². The van der Waals surface area contributed by atoms with Gasteiger partial charge in [-0.15, -0.1) is 5.10 Å². The Kier molecular flexibility index (Phi) is 6.91. The van der Waals surface area contributed by atoms with Gasteiger partial charge in [-0.25, -0.2) is 0 Å². The van der Waals surface area contributed by atoms with Gasteiger partial charge in [-0.3, -0.25) is 9.59 Å². The molecule has 3 N–H and O–H groups in total. The van der Waals surface area contributed by atoms with Crippen LogP contribution >= 0.6 is 11.8 Å². The molecule has 2 aromatic carbocycles. The maximum atomic E-state index is 12.2. The number of aromatic hydroxyl groups is 1. The molecule has 1 atom stereocenters. The molecule has 0 aromatic heterocycles. The number of carbonyl (C=O) groups is 2. The molecule has 2 aromatic rings. The van der Waals surface area contributed by atoms with Crippen LogP contribution in [0.3, 0.4) is 0 Å². The van der Waals surface area contributed by atoms with Gasteiger partial charge in [-0.2, -0.15) is 5.10 Å². The average molecular weight is 428 g/mol. The van der Waals surface area contributed by atoms with Crippen molar-refractivity contribution in [1.29, 1.82) is 0 Å². The minimum Gasteiger partial charge on any atom is -0.504 e. The predicted molar refractivity (Wildman–Crippen MR) is 115 cm³/mol. The largest absolute Gasteiger partial charge is 0.504 e. The van der Waals surface area contributed by atoms with Crippen LogP contribution in [0.4, 0.5) is 5.69 Å². The molecule has 0 saturated carbocycles. The maximum absolute atomic E-state index is 12.2. The third-order valence-corrected chi connectivity index (χ3v) is 5.15. The van der Waals surface area contributed by atoms with E-state index in [0.717, 1.165) is 11.8 Å². The number of amides is 2. The second-order valence-electron chi connectivity index (χ2n) is 6.16. The van der Waals surface area contributed by atoms with Crippen molar-refractivity contribution < 1.29 is 24.2 Å². The van der Waals surface area contributed by atoms with Gasteiger partial charge < -0.3 is 25.2 Å². The van der Waals surface area contributed by atoms with Crippen LogP contribution in [0.25, 0.3) is 0 Å². The lowest BCUT2D eigenvalue weighted by molar-refractivity contribution is -0.122. The highest BCUT2D eigenvalue weighted by Crippen LogP contribution is 2.26. The summed E-state index contributed by atoms with van der Waals surface area (Å²) in [5.41, 5.74) is 1.28. The number of hydrogen-bond acceptors (Lipinski definition) is 8. The second-order valence-corrected chi connectivity index (χ2v) is 7.35. The molecule has 1 aliphatic rings. The van der Waals surface area contributed by atoms with Crippen LogP contribution in [-0.2, 0) is 9.59 Å². The van der Waals surface area contributed by atoms with E-state index in [4.69, 9.17) is 9.47 Å². The van der Waals surface area contributed by atoms with Gasteiger partial charge >= 0.3 is 0 Å². The van der Waals surface area contributed by atoms with Crippen LogP contribution in [-0.4, -0.2) is 47.8 Å². The number of phenolic OH excluding ortho intramolecular Hbond substituents is 1. The van der Waals surface area contributed by atoms with Crippen LogP contribution in [0.2, 0.25) is 0 Å². The van der Waals surface area contributed by atoms with Crippen molar-refractivity contribution in [2.75, 3.05) is 19.5 Å². The first kappa shape index (κ1) is 21.2. The lowest BCUT2D eigenvalue weighted by Gasteiger charge is -2.08. The highest BCUT2D eigenvalue weighted by Gasteiger charge is 2.32. The zero-order valence-electron chi connectivity index (χ0n) is 16.3. The molecule has 30 heavy (non-hydrogen) atoms. The number of benzene rings is 2. The topological polar surface area (TPSA) is 122 Å². The molecule has 2 amide bonds. The van der Waals surface area contributed by atoms with Gasteiger partial charge in [0.25, 0.3) is 0 Å². The minimum absolute atomic E-state index is 0.000421. The smallest absolute Gasteiger partial charge is 0.240 e. The Balaban J connectivity index is 1.55. The third kappa shape index (κ3) is 5.51. The number of thioether (sulfide) groups is 1. The Labute approximate surface area is 177 Å². The zero-order valence-corrected chi connectivity index (χ0v) is 17.1. The summed E-state index contributed by atoms with van der Waals surface area (Å²) >= 11 is 1.14. The van der Waals surface area contributed by atoms with Crippen molar-refractivity contribution in [3.63, 3.8) is 0 Å². The number of carbonyl (C=O) groups excluding carboxylic acids is 2. The fourth-order valence-electron chi connectivity index (χ4n) is 2.56. The van der Waals surface area contributed by atoms with Crippen LogP contribution in [0.15, 0.2) is 52.7 Å². The van der Waals surface area contributed by atoms with Crippen molar-refractivity contribution in [2.45, 2.75) is 11.7 Å². The Morgan fingerprint density at radius 2 is 2.00 bits per heavy atom. The molecule has 156 valence electrons.